The fourth-order valence-corrected chi connectivity index (χ4v) is 3.62. The minimum absolute atomic E-state index is 0.227. The second-order valence-electron chi connectivity index (χ2n) is 3.77. The van der Waals surface area contributed by atoms with Gasteiger partial charge in [0.25, 0.3) is 0 Å². The smallest absolute Gasteiger partial charge is 0.318 e. The van der Waals surface area contributed by atoms with Crippen molar-refractivity contribution in [3.63, 3.8) is 0 Å². The number of ether oxygens (including phenoxy) is 1. The lowest BCUT2D eigenvalue weighted by Gasteiger charge is -2.22. The van der Waals surface area contributed by atoms with Crippen molar-refractivity contribution in [1.82, 2.24) is 0 Å². The Balaban J connectivity index is 3.14. The van der Waals surface area contributed by atoms with Crippen molar-refractivity contribution in [2.75, 3.05) is 20.4 Å². The predicted octanol–water partition coefficient (Wildman–Crippen LogP) is 2.64. The zero-order valence-electron chi connectivity index (χ0n) is 9.14. The first-order valence-corrected chi connectivity index (χ1v) is 8.41. The summed E-state index contributed by atoms with van der Waals surface area (Å²) in [5.74, 6) is -0.227. The number of hydrogen-bond donors (Lipinski definition) is 0. The number of hydrogen-bond acceptors (Lipinski definition) is 3. The molecule has 0 saturated heterocycles. The SMILES string of the molecule is COC(=O)C(c1ccccc1)P(C)(C)=S. The maximum Gasteiger partial charge on any atom is 0.318 e. The molecule has 0 aliphatic rings. The van der Waals surface area contributed by atoms with Gasteiger partial charge in [0.1, 0.15) is 5.66 Å². The Morgan fingerprint density at radius 2 is 1.87 bits per heavy atom. The average Bonchev–Trinajstić information content (AvgIpc) is 2.17. The summed E-state index contributed by atoms with van der Waals surface area (Å²) in [7, 11) is 1.41. The highest BCUT2D eigenvalue weighted by atomic mass is 32.4. The van der Waals surface area contributed by atoms with Gasteiger partial charge in [-0.2, -0.15) is 0 Å². The van der Waals surface area contributed by atoms with Gasteiger partial charge < -0.3 is 4.74 Å². The van der Waals surface area contributed by atoms with E-state index in [0.29, 0.717) is 0 Å². The van der Waals surface area contributed by atoms with Gasteiger partial charge in [-0.15, -0.1) is 0 Å². The van der Waals surface area contributed by atoms with Crippen LogP contribution in [0.15, 0.2) is 30.3 Å². The van der Waals surface area contributed by atoms with Gasteiger partial charge in [0.05, 0.1) is 7.11 Å². The number of methoxy groups -OCH3 is 1. The van der Waals surface area contributed by atoms with Gasteiger partial charge in [-0.25, -0.2) is 0 Å². The molecule has 1 unspecified atom stereocenters. The van der Waals surface area contributed by atoms with Crippen LogP contribution in [0.25, 0.3) is 0 Å². The van der Waals surface area contributed by atoms with Crippen LogP contribution in [0.2, 0.25) is 0 Å². The third kappa shape index (κ3) is 3.15. The van der Waals surface area contributed by atoms with Crippen LogP contribution >= 0.6 is 6.04 Å². The lowest BCUT2D eigenvalue weighted by molar-refractivity contribution is -0.140. The summed E-state index contributed by atoms with van der Waals surface area (Å²) < 4.78 is 4.82. The summed E-state index contributed by atoms with van der Waals surface area (Å²) in [6.07, 6.45) is 0. The monoisotopic (exact) mass is 242 g/mol. The Labute approximate surface area is 95.7 Å². The molecule has 0 heterocycles. The maximum absolute atomic E-state index is 11.7. The van der Waals surface area contributed by atoms with E-state index in [1.165, 1.54) is 7.11 Å². The molecule has 0 bridgehead atoms. The van der Waals surface area contributed by atoms with Gasteiger partial charge in [-0.3, -0.25) is 4.79 Å². The molecule has 1 atom stereocenters. The van der Waals surface area contributed by atoms with Gasteiger partial charge in [-0.05, 0) is 24.9 Å². The van der Waals surface area contributed by atoms with Crippen LogP contribution in [0, 0.1) is 0 Å². The Kier molecular flexibility index (Phi) is 4.06. The number of esters is 1. The standard InChI is InChI=1S/C11H15O2PS/c1-13-11(12)10(14(2,3)15)9-7-5-4-6-8-9/h4-8,10H,1-3H3. The van der Waals surface area contributed by atoms with Crippen molar-refractivity contribution >= 4 is 23.8 Å². The zero-order valence-corrected chi connectivity index (χ0v) is 10.8. The molecule has 0 fully saturated rings. The Morgan fingerprint density at radius 1 is 1.33 bits per heavy atom. The molecule has 0 saturated carbocycles. The lowest BCUT2D eigenvalue weighted by Crippen LogP contribution is -2.13. The largest absolute Gasteiger partial charge is 0.468 e. The average molecular weight is 242 g/mol. The second kappa shape index (κ2) is 4.91. The topological polar surface area (TPSA) is 26.3 Å². The first-order chi connectivity index (χ1) is 6.96. The summed E-state index contributed by atoms with van der Waals surface area (Å²) in [6, 6.07) is 7.89. The Hall–Kier alpha value is -0.660. The van der Waals surface area contributed by atoms with Gasteiger partial charge in [0.2, 0.25) is 0 Å². The summed E-state index contributed by atoms with van der Waals surface area (Å²) >= 11 is 5.44. The van der Waals surface area contributed by atoms with E-state index in [1.54, 1.807) is 0 Å². The van der Waals surface area contributed by atoms with E-state index < -0.39 is 6.04 Å². The fraction of sp³-hybridized carbons (Fsp3) is 0.364. The number of rotatable bonds is 3. The van der Waals surface area contributed by atoms with E-state index in [1.807, 2.05) is 43.7 Å². The van der Waals surface area contributed by atoms with Crippen molar-refractivity contribution in [3.8, 4) is 0 Å². The molecule has 4 heteroatoms. The molecule has 82 valence electrons. The Morgan fingerprint density at radius 3 is 2.27 bits per heavy atom. The maximum atomic E-state index is 11.7. The first kappa shape index (κ1) is 12.4. The van der Waals surface area contributed by atoms with Gasteiger partial charge in [0, 0.05) is 0 Å². The molecular formula is C11H15O2PS. The van der Waals surface area contributed by atoms with Crippen LogP contribution in [-0.2, 0) is 21.3 Å². The molecule has 0 amide bonds. The third-order valence-electron chi connectivity index (χ3n) is 2.16. The van der Waals surface area contributed by atoms with Crippen LogP contribution in [0.5, 0.6) is 0 Å². The summed E-state index contributed by atoms with van der Waals surface area (Å²) in [5.41, 5.74) is 0.677. The lowest BCUT2D eigenvalue weighted by atomic mass is 10.1. The van der Waals surface area contributed by atoms with Gasteiger partial charge >= 0.3 is 5.97 Å². The molecule has 0 aliphatic heterocycles. The first-order valence-electron chi connectivity index (χ1n) is 4.64. The highest BCUT2D eigenvalue weighted by molar-refractivity contribution is 8.14. The molecule has 0 radical (unpaired) electrons. The minimum Gasteiger partial charge on any atom is -0.468 e. The van der Waals surface area contributed by atoms with Crippen LogP contribution in [0.4, 0.5) is 0 Å². The van der Waals surface area contributed by atoms with E-state index in [0.717, 1.165) is 5.56 Å². The van der Waals surface area contributed by atoms with Crippen molar-refractivity contribution in [3.05, 3.63) is 35.9 Å². The molecule has 1 rings (SSSR count). The summed E-state index contributed by atoms with van der Waals surface area (Å²) in [5, 5.41) is 0. The minimum atomic E-state index is -1.71. The molecule has 1 aromatic rings. The van der Waals surface area contributed by atoms with Gasteiger partial charge in [0.15, 0.2) is 0 Å². The molecule has 0 aromatic heterocycles. The molecule has 0 aliphatic carbocycles. The number of carbonyl (C=O) groups is 1. The predicted molar refractivity (Wildman–Crippen MR) is 67.3 cm³/mol. The van der Waals surface area contributed by atoms with Crippen molar-refractivity contribution in [1.29, 1.82) is 0 Å². The molecule has 1 aromatic carbocycles. The van der Waals surface area contributed by atoms with Crippen LogP contribution in [0.1, 0.15) is 11.2 Å². The van der Waals surface area contributed by atoms with Crippen LogP contribution in [0.3, 0.4) is 0 Å². The van der Waals surface area contributed by atoms with Crippen LogP contribution in [-0.4, -0.2) is 26.4 Å². The normalized spacial score (nSPS) is 13.3. The molecule has 0 spiro atoms. The number of benzene rings is 1. The highest BCUT2D eigenvalue weighted by Gasteiger charge is 2.29. The quantitative estimate of drug-likeness (QED) is 0.602. The van der Waals surface area contributed by atoms with E-state index in [9.17, 15) is 4.79 Å². The summed E-state index contributed by atoms with van der Waals surface area (Å²) in [4.78, 5) is 11.7. The second-order valence-corrected chi connectivity index (χ2v) is 9.98. The van der Waals surface area contributed by atoms with Crippen molar-refractivity contribution in [2.24, 2.45) is 0 Å². The van der Waals surface area contributed by atoms with Crippen molar-refractivity contribution in [2.45, 2.75) is 5.66 Å². The van der Waals surface area contributed by atoms with Crippen molar-refractivity contribution < 1.29 is 9.53 Å². The van der Waals surface area contributed by atoms with E-state index >= 15 is 0 Å². The van der Waals surface area contributed by atoms with Crippen LogP contribution < -0.4 is 0 Å². The van der Waals surface area contributed by atoms with Gasteiger partial charge in [-0.1, -0.05) is 42.1 Å². The highest BCUT2D eigenvalue weighted by Crippen LogP contribution is 2.53. The molecule has 0 N–H and O–H groups in total. The molecule has 2 nitrogen and oxygen atoms in total. The summed E-state index contributed by atoms with van der Waals surface area (Å²) in [6.45, 7) is 3.94. The Bertz CT molecular complexity index is 383. The fourth-order valence-electron chi connectivity index (χ4n) is 1.50. The number of carbonyl (C=O) groups excluding carboxylic acids is 1. The van der Waals surface area contributed by atoms with E-state index in [-0.39, 0.29) is 11.6 Å². The van der Waals surface area contributed by atoms with E-state index in [4.69, 9.17) is 16.5 Å². The zero-order chi connectivity index (χ0) is 11.5. The third-order valence-corrected chi connectivity index (χ3v) is 4.55. The molecule has 15 heavy (non-hydrogen) atoms. The molecular weight excluding hydrogens is 227 g/mol. The van der Waals surface area contributed by atoms with E-state index in [2.05, 4.69) is 0 Å².